The van der Waals surface area contributed by atoms with Gasteiger partial charge in [0, 0.05) is 43.2 Å². The Morgan fingerprint density at radius 2 is 1.74 bits per heavy atom. The SMILES string of the molecule is CC(=O)c1ccc(NC(=O)CSc2nnc(Cc3cccn3C)n2CCc2ccccc2)cc1. The molecule has 1 amide bonds. The van der Waals surface area contributed by atoms with Crippen LogP contribution in [-0.4, -0.2) is 36.8 Å². The van der Waals surface area contributed by atoms with E-state index in [1.165, 1.54) is 24.2 Å². The number of hydrogen-bond acceptors (Lipinski definition) is 5. The molecule has 0 bridgehead atoms. The molecule has 2 heterocycles. The molecule has 2 aromatic carbocycles. The minimum Gasteiger partial charge on any atom is -0.354 e. The molecule has 0 saturated carbocycles. The maximum absolute atomic E-state index is 12.5. The van der Waals surface area contributed by atoms with Crippen molar-refractivity contribution in [2.75, 3.05) is 11.1 Å². The highest BCUT2D eigenvalue weighted by atomic mass is 32.2. The summed E-state index contributed by atoms with van der Waals surface area (Å²) >= 11 is 1.37. The number of anilines is 1. The van der Waals surface area contributed by atoms with Gasteiger partial charge in [-0.3, -0.25) is 9.59 Å². The number of hydrogen-bond donors (Lipinski definition) is 1. The molecule has 4 aromatic rings. The summed E-state index contributed by atoms with van der Waals surface area (Å²) in [5.41, 5.74) is 3.66. The predicted octanol–water partition coefficient (Wildman–Crippen LogP) is 4.38. The molecule has 0 aliphatic carbocycles. The van der Waals surface area contributed by atoms with E-state index in [4.69, 9.17) is 0 Å². The van der Waals surface area contributed by atoms with Crippen LogP contribution in [0.1, 0.15) is 34.4 Å². The van der Waals surface area contributed by atoms with Gasteiger partial charge >= 0.3 is 0 Å². The molecule has 174 valence electrons. The smallest absolute Gasteiger partial charge is 0.234 e. The maximum atomic E-state index is 12.5. The first-order valence-electron chi connectivity index (χ1n) is 11.1. The molecule has 2 aromatic heterocycles. The Morgan fingerprint density at radius 3 is 2.41 bits per heavy atom. The summed E-state index contributed by atoms with van der Waals surface area (Å²) in [6, 6.07) is 21.3. The standard InChI is InChI=1S/C26H27N5O2S/c1-19(32)21-10-12-22(13-11-21)27-25(33)18-34-26-29-28-24(17-23-9-6-15-30(23)2)31(26)16-14-20-7-4-3-5-8-20/h3-13,15H,14,16-18H2,1-2H3,(H,27,33). The zero-order valence-electron chi connectivity index (χ0n) is 19.3. The van der Waals surface area contributed by atoms with E-state index in [-0.39, 0.29) is 17.4 Å². The van der Waals surface area contributed by atoms with E-state index in [9.17, 15) is 9.59 Å². The molecular formula is C26H27N5O2S. The molecule has 0 aliphatic heterocycles. The highest BCUT2D eigenvalue weighted by Crippen LogP contribution is 2.21. The van der Waals surface area contributed by atoms with Gasteiger partial charge in [-0.25, -0.2) is 0 Å². The number of carbonyl (C=O) groups is 2. The average Bonchev–Trinajstić information content (AvgIpc) is 3.43. The van der Waals surface area contributed by atoms with Crippen LogP contribution in [0.25, 0.3) is 0 Å². The third kappa shape index (κ3) is 6.02. The second-order valence-electron chi connectivity index (χ2n) is 8.04. The molecule has 7 nitrogen and oxygen atoms in total. The zero-order chi connectivity index (χ0) is 23.9. The van der Waals surface area contributed by atoms with Crippen LogP contribution in [0.2, 0.25) is 0 Å². The Kier molecular flexibility index (Phi) is 7.59. The van der Waals surface area contributed by atoms with Crippen molar-refractivity contribution in [2.45, 2.75) is 31.5 Å². The van der Waals surface area contributed by atoms with E-state index in [1.54, 1.807) is 24.3 Å². The first-order valence-corrected chi connectivity index (χ1v) is 12.1. The van der Waals surface area contributed by atoms with Gasteiger partial charge in [0.05, 0.1) is 5.75 Å². The molecule has 0 fully saturated rings. The van der Waals surface area contributed by atoms with Gasteiger partial charge in [0.2, 0.25) is 5.91 Å². The van der Waals surface area contributed by atoms with Crippen molar-refractivity contribution >= 4 is 29.1 Å². The fourth-order valence-electron chi connectivity index (χ4n) is 3.62. The average molecular weight is 474 g/mol. The third-order valence-electron chi connectivity index (χ3n) is 5.56. The monoisotopic (exact) mass is 473 g/mol. The van der Waals surface area contributed by atoms with E-state index < -0.39 is 0 Å². The topological polar surface area (TPSA) is 81.8 Å². The Morgan fingerprint density at radius 1 is 0.971 bits per heavy atom. The minimum absolute atomic E-state index is 0.00517. The summed E-state index contributed by atoms with van der Waals surface area (Å²) in [6.07, 6.45) is 3.53. The number of thioether (sulfide) groups is 1. The van der Waals surface area contributed by atoms with Crippen LogP contribution < -0.4 is 5.32 Å². The molecular weight excluding hydrogens is 446 g/mol. The number of aromatic nitrogens is 4. The first-order chi connectivity index (χ1) is 16.5. The Hall–Kier alpha value is -3.65. The van der Waals surface area contributed by atoms with Gasteiger partial charge in [-0.15, -0.1) is 10.2 Å². The molecule has 0 aliphatic rings. The number of nitrogens with zero attached hydrogens (tertiary/aromatic N) is 4. The lowest BCUT2D eigenvalue weighted by Crippen LogP contribution is -2.15. The quantitative estimate of drug-likeness (QED) is 0.273. The van der Waals surface area contributed by atoms with E-state index >= 15 is 0 Å². The van der Waals surface area contributed by atoms with Crippen molar-refractivity contribution < 1.29 is 9.59 Å². The lowest BCUT2D eigenvalue weighted by Gasteiger charge is -2.11. The van der Waals surface area contributed by atoms with Gasteiger partial charge in [0.1, 0.15) is 5.82 Å². The van der Waals surface area contributed by atoms with E-state index in [1.807, 2.05) is 37.5 Å². The number of amides is 1. The Bertz CT molecular complexity index is 1260. The molecule has 0 spiro atoms. The molecule has 0 atom stereocenters. The fourth-order valence-corrected chi connectivity index (χ4v) is 4.41. The lowest BCUT2D eigenvalue weighted by atomic mass is 10.1. The van der Waals surface area contributed by atoms with Gasteiger partial charge in [-0.1, -0.05) is 42.1 Å². The minimum atomic E-state index is -0.137. The normalized spacial score (nSPS) is 10.9. The third-order valence-corrected chi connectivity index (χ3v) is 6.53. The molecule has 8 heteroatoms. The number of carbonyl (C=O) groups excluding carboxylic acids is 2. The second-order valence-corrected chi connectivity index (χ2v) is 8.99. The molecule has 0 saturated heterocycles. The van der Waals surface area contributed by atoms with Gasteiger partial charge in [0.25, 0.3) is 0 Å². The maximum Gasteiger partial charge on any atom is 0.234 e. The van der Waals surface area contributed by atoms with Crippen molar-refractivity contribution in [2.24, 2.45) is 7.05 Å². The number of ketones is 1. The van der Waals surface area contributed by atoms with Gasteiger partial charge in [-0.2, -0.15) is 0 Å². The predicted molar refractivity (Wildman–Crippen MR) is 134 cm³/mol. The Labute approximate surface area is 203 Å². The van der Waals surface area contributed by atoms with Gasteiger partial charge in [-0.05, 0) is 55.3 Å². The molecule has 34 heavy (non-hydrogen) atoms. The van der Waals surface area contributed by atoms with Crippen molar-refractivity contribution in [3.63, 3.8) is 0 Å². The van der Waals surface area contributed by atoms with Crippen LogP contribution >= 0.6 is 11.8 Å². The number of Topliss-reactive ketones (excluding diaryl/α,β-unsaturated/α-hetero) is 1. The lowest BCUT2D eigenvalue weighted by molar-refractivity contribution is -0.113. The van der Waals surface area contributed by atoms with Gasteiger partial charge < -0.3 is 14.5 Å². The fraction of sp³-hybridized carbons (Fsp3) is 0.231. The van der Waals surface area contributed by atoms with Crippen LogP contribution in [0, 0.1) is 0 Å². The van der Waals surface area contributed by atoms with Gasteiger partial charge in [0.15, 0.2) is 10.9 Å². The van der Waals surface area contributed by atoms with Crippen LogP contribution in [0.5, 0.6) is 0 Å². The number of benzene rings is 2. The highest BCUT2D eigenvalue weighted by Gasteiger charge is 2.16. The van der Waals surface area contributed by atoms with Crippen LogP contribution in [0.15, 0.2) is 78.1 Å². The van der Waals surface area contributed by atoms with Crippen molar-refractivity contribution in [1.29, 1.82) is 0 Å². The van der Waals surface area contributed by atoms with Crippen LogP contribution in [-0.2, 0) is 31.2 Å². The largest absolute Gasteiger partial charge is 0.354 e. The molecule has 0 unspecified atom stereocenters. The summed E-state index contributed by atoms with van der Waals surface area (Å²) in [4.78, 5) is 24.0. The molecule has 0 radical (unpaired) electrons. The van der Waals surface area contributed by atoms with E-state index in [0.717, 1.165) is 29.6 Å². The number of rotatable bonds is 10. The molecule has 4 rings (SSSR count). The molecule has 1 N–H and O–H groups in total. The summed E-state index contributed by atoms with van der Waals surface area (Å²) < 4.78 is 4.19. The zero-order valence-corrected chi connectivity index (χ0v) is 20.1. The van der Waals surface area contributed by atoms with E-state index in [0.29, 0.717) is 17.7 Å². The van der Waals surface area contributed by atoms with E-state index in [2.05, 4.69) is 42.8 Å². The van der Waals surface area contributed by atoms with Crippen molar-refractivity contribution in [3.05, 3.63) is 95.6 Å². The summed E-state index contributed by atoms with van der Waals surface area (Å²) in [5.74, 6) is 0.944. The second kappa shape index (κ2) is 11.0. The Balaban J connectivity index is 1.44. The number of aryl methyl sites for hydroxylation is 2. The van der Waals surface area contributed by atoms with Crippen molar-refractivity contribution in [1.82, 2.24) is 19.3 Å². The first kappa shape index (κ1) is 23.5. The summed E-state index contributed by atoms with van der Waals surface area (Å²) in [6.45, 7) is 2.25. The highest BCUT2D eigenvalue weighted by molar-refractivity contribution is 7.99. The summed E-state index contributed by atoms with van der Waals surface area (Å²) in [5, 5.41) is 12.4. The van der Waals surface area contributed by atoms with Crippen LogP contribution in [0.4, 0.5) is 5.69 Å². The summed E-state index contributed by atoms with van der Waals surface area (Å²) in [7, 11) is 2.02. The van der Waals surface area contributed by atoms with Crippen LogP contribution in [0.3, 0.4) is 0 Å². The number of nitrogens with one attached hydrogen (secondary N) is 1. The van der Waals surface area contributed by atoms with Crippen molar-refractivity contribution in [3.8, 4) is 0 Å².